The minimum Gasteiger partial charge on any atom is -0.491 e. The number of hydrogen-bond donors (Lipinski definition) is 0. The van der Waals surface area contributed by atoms with Crippen molar-refractivity contribution in [3.8, 4) is 11.5 Å². The Morgan fingerprint density at radius 3 is 1.27 bits per heavy atom. The summed E-state index contributed by atoms with van der Waals surface area (Å²) in [4.78, 5) is 0. The summed E-state index contributed by atoms with van der Waals surface area (Å²) in [5, 5.41) is 4.77. The lowest BCUT2D eigenvalue weighted by atomic mass is 10.1. The van der Waals surface area contributed by atoms with Crippen molar-refractivity contribution in [3.63, 3.8) is 0 Å². The van der Waals surface area contributed by atoms with Crippen LogP contribution in [0.15, 0.2) is 84.9 Å². The molecule has 0 heterocycles. The minimum atomic E-state index is 0.517. The number of benzene rings is 4. The molecular weight excluding hydrogens is 376 g/mol. The van der Waals surface area contributed by atoms with E-state index in [0.717, 1.165) is 11.5 Å². The predicted octanol–water partition coefficient (Wildman–Crippen LogP) is 5.48. The van der Waals surface area contributed by atoms with E-state index in [1.165, 1.54) is 21.5 Å². The fourth-order valence-electron chi connectivity index (χ4n) is 3.27. The van der Waals surface area contributed by atoms with E-state index in [4.69, 9.17) is 18.9 Å². The second kappa shape index (κ2) is 10.6. The van der Waals surface area contributed by atoms with Crippen molar-refractivity contribution in [2.24, 2.45) is 0 Å². The molecule has 0 radical (unpaired) electrons. The van der Waals surface area contributed by atoms with Crippen molar-refractivity contribution < 1.29 is 18.9 Å². The molecule has 0 unspecified atom stereocenters. The Kier molecular flexibility index (Phi) is 7.16. The molecule has 4 nitrogen and oxygen atoms in total. The Hall–Kier alpha value is -3.08. The van der Waals surface area contributed by atoms with Crippen molar-refractivity contribution in [1.82, 2.24) is 0 Å². The van der Waals surface area contributed by atoms with Crippen molar-refractivity contribution in [2.75, 3.05) is 39.6 Å². The van der Waals surface area contributed by atoms with Gasteiger partial charge in [-0.1, -0.05) is 60.7 Å². The molecule has 0 aliphatic rings. The monoisotopic (exact) mass is 402 g/mol. The maximum absolute atomic E-state index is 5.75. The van der Waals surface area contributed by atoms with E-state index in [9.17, 15) is 0 Å². The van der Waals surface area contributed by atoms with Crippen molar-refractivity contribution in [2.45, 2.75) is 0 Å². The Bertz CT molecular complexity index is 989. The zero-order chi connectivity index (χ0) is 20.4. The second-order valence-corrected chi connectivity index (χ2v) is 6.94. The molecule has 4 heteroatoms. The van der Waals surface area contributed by atoms with Gasteiger partial charge in [0.05, 0.1) is 26.4 Å². The summed E-state index contributed by atoms with van der Waals surface area (Å²) in [5.41, 5.74) is 0. The molecule has 4 rings (SSSR count). The highest BCUT2D eigenvalue weighted by Gasteiger charge is 1.99. The number of hydrogen-bond acceptors (Lipinski definition) is 4. The molecule has 30 heavy (non-hydrogen) atoms. The summed E-state index contributed by atoms with van der Waals surface area (Å²) >= 11 is 0. The van der Waals surface area contributed by atoms with Gasteiger partial charge in [-0.05, 0) is 45.8 Å². The van der Waals surface area contributed by atoms with Gasteiger partial charge in [-0.3, -0.25) is 0 Å². The SMILES string of the molecule is c1ccc2cc(OCCOCCOCCOc3ccc4ccccc4c3)ccc2c1. The number of ether oxygens (including phenoxy) is 4. The first-order chi connectivity index (χ1) is 14.9. The summed E-state index contributed by atoms with van der Waals surface area (Å²) in [5.74, 6) is 1.72. The van der Waals surface area contributed by atoms with Gasteiger partial charge in [-0.2, -0.15) is 0 Å². The van der Waals surface area contributed by atoms with E-state index in [-0.39, 0.29) is 0 Å². The molecular formula is C26H26O4. The van der Waals surface area contributed by atoms with Crippen molar-refractivity contribution in [3.05, 3.63) is 84.9 Å². The van der Waals surface area contributed by atoms with E-state index >= 15 is 0 Å². The van der Waals surface area contributed by atoms with Gasteiger partial charge < -0.3 is 18.9 Å². The second-order valence-electron chi connectivity index (χ2n) is 6.94. The fourth-order valence-corrected chi connectivity index (χ4v) is 3.27. The number of fused-ring (bicyclic) bond motifs is 2. The topological polar surface area (TPSA) is 36.9 Å². The molecule has 4 aromatic rings. The van der Waals surface area contributed by atoms with Crippen LogP contribution in [0, 0.1) is 0 Å². The lowest BCUT2D eigenvalue weighted by Gasteiger charge is -2.09. The first-order valence-corrected chi connectivity index (χ1v) is 10.3. The average Bonchev–Trinajstić information content (AvgIpc) is 2.80. The van der Waals surface area contributed by atoms with Crippen LogP contribution in [0.5, 0.6) is 11.5 Å². The first-order valence-electron chi connectivity index (χ1n) is 10.3. The molecule has 0 N–H and O–H groups in total. The van der Waals surface area contributed by atoms with E-state index in [2.05, 4.69) is 36.4 Å². The third-order valence-electron chi connectivity index (χ3n) is 4.81. The van der Waals surface area contributed by atoms with Gasteiger partial charge in [-0.15, -0.1) is 0 Å². The Morgan fingerprint density at radius 1 is 0.400 bits per heavy atom. The molecule has 0 spiro atoms. The Morgan fingerprint density at radius 2 is 0.800 bits per heavy atom. The van der Waals surface area contributed by atoms with Crippen molar-refractivity contribution >= 4 is 21.5 Å². The highest BCUT2D eigenvalue weighted by atomic mass is 16.6. The molecule has 0 atom stereocenters. The molecule has 0 aromatic heterocycles. The van der Waals surface area contributed by atoms with Crippen LogP contribution >= 0.6 is 0 Å². The highest BCUT2D eigenvalue weighted by Crippen LogP contribution is 2.21. The number of rotatable bonds is 11. The molecule has 0 aliphatic heterocycles. The summed E-state index contributed by atoms with van der Waals surface area (Å²) in [6, 6.07) is 28.7. The van der Waals surface area contributed by atoms with Gasteiger partial charge in [0.2, 0.25) is 0 Å². The van der Waals surface area contributed by atoms with Gasteiger partial charge in [0.25, 0.3) is 0 Å². The average molecular weight is 402 g/mol. The predicted molar refractivity (Wildman–Crippen MR) is 121 cm³/mol. The third-order valence-corrected chi connectivity index (χ3v) is 4.81. The zero-order valence-corrected chi connectivity index (χ0v) is 17.0. The van der Waals surface area contributed by atoms with Crippen LogP contribution < -0.4 is 9.47 Å². The lowest BCUT2D eigenvalue weighted by Crippen LogP contribution is -2.13. The minimum absolute atomic E-state index is 0.517. The van der Waals surface area contributed by atoms with E-state index < -0.39 is 0 Å². The molecule has 0 bridgehead atoms. The van der Waals surface area contributed by atoms with E-state index in [0.29, 0.717) is 39.6 Å². The molecule has 4 aromatic carbocycles. The third kappa shape index (κ3) is 5.72. The molecule has 0 fully saturated rings. The van der Waals surface area contributed by atoms with Crippen LogP contribution in [0.1, 0.15) is 0 Å². The summed E-state index contributed by atoms with van der Waals surface area (Å²) in [6.45, 7) is 3.18. The van der Waals surface area contributed by atoms with Gasteiger partial charge in [0.1, 0.15) is 24.7 Å². The largest absolute Gasteiger partial charge is 0.491 e. The smallest absolute Gasteiger partial charge is 0.120 e. The lowest BCUT2D eigenvalue weighted by molar-refractivity contribution is 0.0274. The molecule has 0 saturated carbocycles. The van der Waals surface area contributed by atoms with Crippen LogP contribution in [-0.2, 0) is 9.47 Å². The Balaban J connectivity index is 1.05. The summed E-state index contributed by atoms with van der Waals surface area (Å²) in [7, 11) is 0. The van der Waals surface area contributed by atoms with E-state index in [1.54, 1.807) is 0 Å². The van der Waals surface area contributed by atoms with E-state index in [1.807, 2.05) is 48.5 Å². The van der Waals surface area contributed by atoms with Gasteiger partial charge in [0, 0.05) is 0 Å². The molecule has 0 aliphatic carbocycles. The van der Waals surface area contributed by atoms with Gasteiger partial charge >= 0.3 is 0 Å². The van der Waals surface area contributed by atoms with Crippen molar-refractivity contribution in [1.29, 1.82) is 0 Å². The molecule has 0 saturated heterocycles. The van der Waals surface area contributed by atoms with Crippen LogP contribution in [-0.4, -0.2) is 39.6 Å². The maximum atomic E-state index is 5.75. The summed E-state index contributed by atoms with van der Waals surface area (Å²) < 4.78 is 22.6. The molecule has 154 valence electrons. The van der Waals surface area contributed by atoms with Gasteiger partial charge in [-0.25, -0.2) is 0 Å². The van der Waals surface area contributed by atoms with Crippen LogP contribution in [0.3, 0.4) is 0 Å². The zero-order valence-electron chi connectivity index (χ0n) is 17.0. The summed E-state index contributed by atoms with van der Waals surface area (Å²) in [6.07, 6.45) is 0. The maximum Gasteiger partial charge on any atom is 0.120 e. The fraction of sp³-hybridized carbons (Fsp3) is 0.231. The van der Waals surface area contributed by atoms with Crippen LogP contribution in [0.4, 0.5) is 0 Å². The molecule has 0 amide bonds. The Labute approximate surface area is 176 Å². The quantitative estimate of drug-likeness (QED) is 0.311. The normalized spacial score (nSPS) is 11.1. The standard InChI is InChI=1S/C26H26O4/c1-3-7-23-19-25(11-9-21(23)5-1)29-17-15-27-13-14-28-16-18-30-26-12-10-22-6-2-4-8-24(22)20-26/h1-12,19-20H,13-18H2. The van der Waals surface area contributed by atoms with Crippen LogP contribution in [0.25, 0.3) is 21.5 Å². The van der Waals surface area contributed by atoms with Crippen LogP contribution in [0.2, 0.25) is 0 Å². The van der Waals surface area contributed by atoms with Gasteiger partial charge in [0.15, 0.2) is 0 Å². The highest BCUT2D eigenvalue weighted by molar-refractivity contribution is 5.84. The first kappa shape index (κ1) is 20.2.